The molecule has 0 heterocycles. The fourth-order valence-electron chi connectivity index (χ4n) is 2.84. The SMILES string of the molecule is O=C(CCOc1ccc(F)cc1Cl)NC1c2ccccc2CC1O. The molecule has 1 amide bonds. The third kappa shape index (κ3) is 3.68. The molecule has 24 heavy (non-hydrogen) atoms. The fourth-order valence-corrected chi connectivity index (χ4v) is 3.06. The molecule has 4 nitrogen and oxygen atoms in total. The van der Waals surface area contributed by atoms with Gasteiger partial charge in [-0.25, -0.2) is 4.39 Å². The first-order valence-corrected chi connectivity index (χ1v) is 8.05. The molecule has 0 saturated heterocycles. The van der Waals surface area contributed by atoms with Crippen LogP contribution in [0.25, 0.3) is 0 Å². The van der Waals surface area contributed by atoms with Gasteiger partial charge in [0.2, 0.25) is 5.91 Å². The van der Waals surface area contributed by atoms with Crippen molar-refractivity contribution >= 4 is 17.5 Å². The van der Waals surface area contributed by atoms with Gasteiger partial charge in [0.15, 0.2) is 0 Å². The minimum Gasteiger partial charge on any atom is -0.491 e. The number of halogens is 2. The highest BCUT2D eigenvalue weighted by Gasteiger charge is 2.31. The van der Waals surface area contributed by atoms with Crippen LogP contribution in [0.1, 0.15) is 23.6 Å². The fraction of sp³-hybridized carbons (Fsp3) is 0.278. The Morgan fingerprint density at radius 1 is 1.33 bits per heavy atom. The maximum atomic E-state index is 13.0. The molecule has 0 fully saturated rings. The van der Waals surface area contributed by atoms with Crippen molar-refractivity contribution in [3.05, 3.63) is 64.4 Å². The molecule has 0 bridgehead atoms. The first-order chi connectivity index (χ1) is 11.5. The number of aliphatic hydroxyl groups is 1. The topological polar surface area (TPSA) is 58.6 Å². The van der Waals surface area contributed by atoms with Gasteiger partial charge in [0.05, 0.1) is 30.2 Å². The third-order valence-corrected chi connectivity index (χ3v) is 4.30. The summed E-state index contributed by atoms with van der Waals surface area (Å²) >= 11 is 5.86. The molecule has 2 N–H and O–H groups in total. The number of hydrogen-bond acceptors (Lipinski definition) is 3. The lowest BCUT2D eigenvalue weighted by atomic mass is 10.1. The molecule has 6 heteroatoms. The van der Waals surface area contributed by atoms with Crippen LogP contribution in [0.2, 0.25) is 5.02 Å². The molecule has 2 atom stereocenters. The van der Waals surface area contributed by atoms with Crippen molar-refractivity contribution in [3.8, 4) is 5.75 Å². The highest BCUT2D eigenvalue weighted by Crippen LogP contribution is 2.31. The first-order valence-electron chi connectivity index (χ1n) is 7.67. The minimum absolute atomic E-state index is 0.110. The van der Waals surface area contributed by atoms with Crippen LogP contribution in [0.5, 0.6) is 5.75 Å². The van der Waals surface area contributed by atoms with E-state index in [-0.39, 0.29) is 24.0 Å². The van der Waals surface area contributed by atoms with E-state index in [0.717, 1.165) is 17.2 Å². The second-order valence-corrected chi connectivity index (χ2v) is 6.10. The van der Waals surface area contributed by atoms with Crippen LogP contribution in [0.4, 0.5) is 4.39 Å². The van der Waals surface area contributed by atoms with Crippen LogP contribution in [0, 0.1) is 5.82 Å². The van der Waals surface area contributed by atoms with E-state index < -0.39 is 18.0 Å². The Labute approximate surface area is 144 Å². The molecule has 2 unspecified atom stereocenters. The zero-order valence-corrected chi connectivity index (χ0v) is 13.6. The largest absolute Gasteiger partial charge is 0.491 e. The van der Waals surface area contributed by atoms with Crippen LogP contribution in [-0.4, -0.2) is 23.7 Å². The average molecular weight is 350 g/mol. The third-order valence-electron chi connectivity index (χ3n) is 4.00. The van der Waals surface area contributed by atoms with E-state index in [4.69, 9.17) is 16.3 Å². The summed E-state index contributed by atoms with van der Waals surface area (Å²) in [5.74, 6) is -0.343. The van der Waals surface area contributed by atoms with Gasteiger partial charge in [-0.2, -0.15) is 0 Å². The Morgan fingerprint density at radius 3 is 2.92 bits per heavy atom. The first kappa shape index (κ1) is 16.7. The number of nitrogens with one attached hydrogen (secondary N) is 1. The van der Waals surface area contributed by atoms with Gasteiger partial charge < -0.3 is 15.2 Å². The van der Waals surface area contributed by atoms with Crippen LogP contribution < -0.4 is 10.1 Å². The molecule has 2 aromatic rings. The molecular weight excluding hydrogens is 333 g/mol. The lowest BCUT2D eigenvalue weighted by Gasteiger charge is -2.18. The molecule has 3 rings (SSSR count). The number of carbonyl (C=O) groups excluding carboxylic acids is 1. The molecule has 0 spiro atoms. The standard InChI is InChI=1S/C18H17ClFNO3/c19-14-10-12(20)5-6-16(14)24-8-7-17(23)21-18-13-4-2-1-3-11(13)9-15(18)22/h1-6,10,15,18,22H,7-9H2,(H,21,23). The van der Waals surface area contributed by atoms with Gasteiger partial charge in [0.1, 0.15) is 11.6 Å². The Kier molecular flexibility index (Phi) is 5.02. The number of aliphatic hydroxyl groups excluding tert-OH is 1. The molecule has 126 valence electrons. The Balaban J connectivity index is 1.53. The molecule has 1 aliphatic carbocycles. The number of carbonyl (C=O) groups is 1. The molecule has 0 saturated carbocycles. The van der Waals surface area contributed by atoms with E-state index in [1.54, 1.807) is 0 Å². The van der Waals surface area contributed by atoms with Crippen LogP contribution in [-0.2, 0) is 11.2 Å². The zero-order chi connectivity index (χ0) is 17.1. The number of hydrogen-bond donors (Lipinski definition) is 2. The van der Waals surface area contributed by atoms with E-state index in [1.807, 2.05) is 24.3 Å². The highest BCUT2D eigenvalue weighted by molar-refractivity contribution is 6.32. The summed E-state index contributed by atoms with van der Waals surface area (Å²) in [5, 5.41) is 13.1. The molecule has 0 radical (unpaired) electrons. The second kappa shape index (κ2) is 7.20. The van der Waals surface area contributed by atoms with Crippen molar-refractivity contribution in [1.29, 1.82) is 0 Å². The molecule has 2 aromatic carbocycles. The summed E-state index contributed by atoms with van der Waals surface area (Å²) in [6.45, 7) is 0.113. The maximum absolute atomic E-state index is 13.0. The second-order valence-electron chi connectivity index (χ2n) is 5.69. The van der Waals surface area contributed by atoms with Crippen LogP contribution in [0.3, 0.4) is 0 Å². The average Bonchev–Trinajstić information content (AvgIpc) is 2.85. The zero-order valence-electron chi connectivity index (χ0n) is 12.8. The lowest BCUT2D eigenvalue weighted by Crippen LogP contribution is -2.34. The van der Waals surface area contributed by atoms with Gasteiger partial charge in [0, 0.05) is 6.42 Å². The van der Waals surface area contributed by atoms with Crippen LogP contribution >= 0.6 is 11.6 Å². The number of benzene rings is 2. The quantitative estimate of drug-likeness (QED) is 0.872. The Bertz CT molecular complexity index is 753. The summed E-state index contributed by atoms with van der Waals surface area (Å²) in [6, 6.07) is 11.1. The van der Waals surface area contributed by atoms with Gasteiger partial charge >= 0.3 is 0 Å². The monoisotopic (exact) mass is 349 g/mol. The number of ether oxygens (including phenoxy) is 1. The summed E-state index contributed by atoms with van der Waals surface area (Å²) in [7, 11) is 0. The molecular formula is C18H17ClFNO3. The molecule has 0 aromatic heterocycles. The van der Waals surface area contributed by atoms with Crippen molar-refractivity contribution in [2.75, 3.05) is 6.61 Å². The number of amides is 1. The summed E-state index contributed by atoms with van der Waals surface area (Å²) in [5.41, 5.74) is 1.99. The van der Waals surface area contributed by atoms with Gasteiger partial charge in [0.25, 0.3) is 0 Å². The predicted molar refractivity (Wildman–Crippen MR) is 88.6 cm³/mol. The van der Waals surface area contributed by atoms with Crippen molar-refractivity contribution in [1.82, 2.24) is 5.32 Å². The maximum Gasteiger partial charge on any atom is 0.224 e. The number of rotatable bonds is 5. The Morgan fingerprint density at radius 2 is 2.12 bits per heavy atom. The summed E-state index contributed by atoms with van der Waals surface area (Å²) < 4.78 is 18.4. The van der Waals surface area contributed by atoms with Gasteiger partial charge in [-0.15, -0.1) is 0 Å². The van der Waals surface area contributed by atoms with Gasteiger partial charge in [-0.1, -0.05) is 35.9 Å². The van der Waals surface area contributed by atoms with E-state index in [2.05, 4.69) is 5.32 Å². The van der Waals surface area contributed by atoms with E-state index >= 15 is 0 Å². The van der Waals surface area contributed by atoms with E-state index in [1.165, 1.54) is 12.1 Å². The van der Waals surface area contributed by atoms with E-state index in [9.17, 15) is 14.3 Å². The number of fused-ring (bicyclic) bond motifs is 1. The smallest absolute Gasteiger partial charge is 0.224 e. The predicted octanol–water partition coefficient (Wildman–Crippen LogP) is 3.02. The summed E-state index contributed by atoms with van der Waals surface area (Å²) in [4.78, 5) is 12.1. The van der Waals surface area contributed by atoms with E-state index in [0.29, 0.717) is 12.2 Å². The van der Waals surface area contributed by atoms with Gasteiger partial charge in [-0.3, -0.25) is 4.79 Å². The Hall–Kier alpha value is -2.11. The minimum atomic E-state index is -0.626. The molecule has 1 aliphatic rings. The normalized spacial score (nSPS) is 19.0. The van der Waals surface area contributed by atoms with Crippen molar-refractivity contribution in [2.45, 2.75) is 25.0 Å². The van der Waals surface area contributed by atoms with Crippen molar-refractivity contribution in [2.24, 2.45) is 0 Å². The van der Waals surface area contributed by atoms with Gasteiger partial charge in [-0.05, 0) is 29.3 Å². The van der Waals surface area contributed by atoms with Crippen molar-refractivity contribution < 1.29 is 19.0 Å². The lowest BCUT2D eigenvalue weighted by molar-refractivity contribution is -0.123. The molecule has 0 aliphatic heterocycles. The van der Waals surface area contributed by atoms with Crippen molar-refractivity contribution in [3.63, 3.8) is 0 Å². The highest BCUT2D eigenvalue weighted by atomic mass is 35.5. The van der Waals surface area contributed by atoms with Crippen LogP contribution in [0.15, 0.2) is 42.5 Å². The summed E-state index contributed by atoms with van der Waals surface area (Å²) in [6.07, 6.45) is 0.0147.